The SMILES string of the molecule is CCn1cc(CNCc2c(C)noc2C)cn1. The van der Waals surface area contributed by atoms with Crippen molar-refractivity contribution in [2.75, 3.05) is 0 Å². The van der Waals surface area contributed by atoms with E-state index in [4.69, 9.17) is 4.52 Å². The van der Waals surface area contributed by atoms with Crippen molar-refractivity contribution in [2.24, 2.45) is 0 Å². The van der Waals surface area contributed by atoms with Crippen LogP contribution in [-0.4, -0.2) is 14.9 Å². The predicted octanol–water partition coefficient (Wildman–Crippen LogP) is 1.80. The first-order valence-corrected chi connectivity index (χ1v) is 5.84. The Morgan fingerprint density at radius 2 is 2.18 bits per heavy atom. The maximum atomic E-state index is 5.11. The molecule has 0 bridgehead atoms. The molecule has 0 amide bonds. The van der Waals surface area contributed by atoms with Crippen molar-refractivity contribution in [3.8, 4) is 0 Å². The van der Waals surface area contributed by atoms with Gasteiger partial charge < -0.3 is 9.84 Å². The first-order valence-electron chi connectivity index (χ1n) is 5.84. The van der Waals surface area contributed by atoms with Crippen LogP contribution in [0, 0.1) is 13.8 Å². The van der Waals surface area contributed by atoms with Crippen LogP contribution in [0.4, 0.5) is 0 Å². The molecule has 0 radical (unpaired) electrons. The molecule has 2 aromatic heterocycles. The molecule has 17 heavy (non-hydrogen) atoms. The fraction of sp³-hybridized carbons (Fsp3) is 0.500. The Hall–Kier alpha value is -1.62. The molecule has 0 saturated carbocycles. The molecule has 0 atom stereocenters. The zero-order chi connectivity index (χ0) is 12.3. The number of hydrogen-bond acceptors (Lipinski definition) is 4. The zero-order valence-electron chi connectivity index (χ0n) is 10.5. The van der Waals surface area contributed by atoms with Crippen LogP contribution in [0.25, 0.3) is 0 Å². The quantitative estimate of drug-likeness (QED) is 0.857. The van der Waals surface area contributed by atoms with Crippen molar-refractivity contribution in [1.82, 2.24) is 20.3 Å². The summed E-state index contributed by atoms with van der Waals surface area (Å²) in [6.07, 6.45) is 3.95. The van der Waals surface area contributed by atoms with Gasteiger partial charge in [0.1, 0.15) is 5.76 Å². The van der Waals surface area contributed by atoms with Crippen molar-refractivity contribution < 1.29 is 4.52 Å². The zero-order valence-corrected chi connectivity index (χ0v) is 10.5. The second-order valence-electron chi connectivity index (χ2n) is 4.11. The molecule has 0 unspecified atom stereocenters. The maximum Gasteiger partial charge on any atom is 0.138 e. The van der Waals surface area contributed by atoms with Gasteiger partial charge in [0.15, 0.2) is 0 Å². The highest BCUT2D eigenvalue weighted by Gasteiger charge is 2.08. The Kier molecular flexibility index (Phi) is 3.58. The molecule has 0 aliphatic heterocycles. The van der Waals surface area contributed by atoms with Gasteiger partial charge in [-0.3, -0.25) is 4.68 Å². The van der Waals surface area contributed by atoms with E-state index in [1.54, 1.807) is 0 Å². The van der Waals surface area contributed by atoms with E-state index in [0.717, 1.165) is 36.7 Å². The lowest BCUT2D eigenvalue weighted by Gasteiger charge is -2.02. The van der Waals surface area contributed by atoms with Gasteiger partial charge in [-0.25, -0.2) is 0 Å². The number of hydrogen-bond donors (Lipinski definition) is 1. The van der Waals surface area contributed by atoms with Crippen molar-refractivity contribution in [3.63, 3.8) is 0 Å². The van der Waals surface area contributed by atoms with Gasteiger partial charge in [-0.2, -0.15) is 5.10 Å². The highest BCUT2D eigenvalue weighted by atomic mass is 16.5. The molecule has 0 aliphatic rings. The molecule has 0 fully saturated rings. The van der Waals surface area contributed by atoms with Crippen molar-refractivity contribution >= 4 is 0 Å². The molecule has 2 rings (SSSR count). The highest BCUT2D eigenvalue weighted by Crippen LogP contribution is 2.11. The molecule has 5 nitrogen and oxygen atoms in total. The van der Waals surface area contributed by atoms with Gasteiger partial charge >= 0.3 is 0 Å². The standard InChI is InChI=1S/C12H18N4O/c1-4-16-8-11(6-14-16)5-13-7-12-9(2)15-17-10(12)3/h6,8,13H,4-5,7H2,1-3H3. The molecule has 2 aromatic rings. The molecular formula is C12H18N4O. The highest BCUT2D eigenvalue weighted by molar-refractivity contribution is 5.20. The minimum Gasteiger partial charge on any atom is -0.361 e. The number of aryl methyl sites for hydroxylation is 3. The molecule has 0 saturated heterocycles. The molecule has 5 heteroatoms. The molecule has 0 aliphatic carbocycles. The van der Waals surface area contributed by atoms with Crippen LogP contribution in [0.1, 0.15) is 29.5 Å². The summed E-state index contributed by atoms with van der Waals surface area (Å²) in [5.74, 6) is 0.888. The Labute approximate surface area is 101 Å². The van der Waals surface area contributed by atoms with Crippen LogP contribution in [-0.2, 0) is 19.6 Å². The minimum absolute atomic E-state index is 0.776. The Bertz CT molecular complexity index is 467. The van der Waals surface area contributed by atoms with Crippen molar-refractivity contribution in [2.45, 2.75) is 40.4 Å². The topological polar surface area (TPSA) is 55.9 Å². The molecule has 1 N–H and O–H groups in total. The van der Waals surface area contributed by atoms with E-state index in [0.29, 0.717) is 0 Å². The van der Waals surface area contributed by atoms with Gasteiger partial charge in [-0.05, 0) is 20.8 Å². The van der Waals surface area contributed by atoms with Crippen LogP contribution in [0.2, 0.25) is 0 Å². The van der Waals surface area contributed by atoms with Crippen molar-refractivity contribution in [1.29, 1.82) is 0 Å². The smallest absolute Gasteiger partial charge is 0.138 e. The van der Waals surface area contributed by atoms with Crippen LogP contribution in [0.5, 0.6) is 0 Å². The fourth-order valence-electron chi connectivity index (χ4n) is 1.76. The van der Waals surface area contributed by atoms with Gasteiger partial charge in [-0.15, -0.1) is 0 Å². The van der Waals surface area contributed by atoms with E-state index < -0.39 is 0 Å². The largest absolute Gasteiger partial charge is 0.361 e. The van der Waals surface area contributed by atoms with Gasteiger partial charge in [-0.1, -0.05) is 5.16 Å². The van der Waals surface area contributed by atoms with Crippen LogP contribution >= 0.6 is 0 Å². The van der Waals surface area contributed by atoms with E-state index >= 15 is 0 Å². The Morgan fingerprint density at radius 3 is 2.76 bits per heavy atom. The lowest BCUT2D eigenvalue weighted by molar-refractivity contribution is 0.392. The third-order valence-electron chi connectivity index (χ3n) is 2.82. The Balaban J connectivity index is 1.87. The normalized spacial score (nSPS) is 11.0. The molecule has 92 valence electrons. The van der Waals surface area contributed by atoms with E-state index in [2.05, 4.69) is 28.7 Å². The summed E-state index contributed by atoms with van der Waals surface area (Å²) in [5.41, 5.74) is 3.30. The second kappa shape index (κ2) is 5.14. The van der Waals surface area contributed by atoms with Crippen LogP contribution in [0.3, 0.4) is 0 Å². The molecule has 0 aromatic carbocycles. The third kappa shape index (κ3) is 2.74. The van der Waals surface area contributed by atoms with Gasteiger partial charge in [0, 0.05) is 37.0 Å². The summed E-state index contributed by atoms with van der Waals surface area (Å²) >= 11 is 0. The fourth-order valence-corrected chi connectivity index (χ4v) is 1.76. The lowest BCUT2D eigenvalue weighted by atomic mass is 10.2. The second-order valence-corrected chi connectivity index (χ2v) is 4.11. The molecular weight excluding hydrogens is 216 g/mol. The summed E-state index contributed by atoms with van der Waals surface area (Å²) in [6, 6.07) is 0. The lowest BCUT2D eigenvalue weighted by Crippen LogP contribution is -2.13. The molecule has 0 spiro atoms. The van der Waals surface area contributed by atoms with E-state index in [9.17, 15) is 0 Å². The molecule has 2 heterocycles. The summed E-state index contributed by atoms with van der Waals surface area (Å²) in [5, 5.41) is 11.5. The van der Waals surface area contributed by atoms with E-state index in [1.165, 1.54) is 5.56 Å². The Morgan fingerprint density at radius 1 is 1.35 bits per heavy atom. The first kappa shape index (κ1) is 11.9. The van der Waals surface area contributed by atoms with Gasteiger partial charge in [0.05, 0.1) is 11.9 Å². The average Bonchev–Trinajstić information content (AvgIpc) is 2.90. The van der Waals surface area contributed by atoms with E-state index in [-0.39, 0.29) is 0 Å². The summed E-state index contributed by atoms with van der Waals surface area (Å²) < 4.78 is 7.04. The number of rotatable bonds is 5. The monoisotopic (exact) mass is 234 g/mol. The number of aromatic nitrogens is 3. The average molecular weight is 234 g/mol. The number of nitrogens with zero attached hydrogens (tertiary/aromatic N) is 3. The van der Waals surface area contributed by atoms with E-state index in [1.807, 2.05) is 24.7 Å². The maximum absolute atomic E-state index is 5.11. The van der Waals surface area contributed by atoms with Crippen LogP contribution < -0.4 is 5.32 Å². The van der Waals surface area contributed by atoms with Crippen molar-refractivity contribution in [3.05, 3.63) is 35.0 Å². The summed E-state index contributed by atoms with van der Waals surface area (Å²) in [6.45, 7) is 8.47. The summed E-state index contributed by atoms with van der Waals surface area (Å²) in [4.78, 5) is 0. The van der Waals surface area contributed by atoms with Gasteiger partial charge in [0.2, 0.25) is 0 Å². The minimum atomic E-state index is 0.776. The summed E-state index contributed by atoms with van der Waals surface area (Å²) in [7, 11) is 0. The first-order chi connectivity index (χ1) is 8.20. The van der Waals surface area contributed by atoms with Crippen LogP contribution in [0.15, 0.2) is 16.9 Å². The third-order valence-corrected chi connectivity index (χ3v) is 2.82. The van der Waals surface area contributed by atoms with Gasteiger partial charge in [0.25, 0.3) is 0 Å². The number of nitrogens with one attached hydrogen (secondary N) is 1. The predicted molar refractivity (Wildman–Crippen MR) is 64.4 cm³/mol.